The van der Waals surface area contributed by atoms with Crippen LogP contribution < -0.4 is 26.6 Å². The molecule has 6 heteroatoms. The lowest BCUT2D eigenvalue weighted by Gasteiger charge is -2.12. The molecular formula is C21H27N3O3. The van der Waals surface area contributed by atoms with E-state index in [9.17, 15) is 9.59 Å². The van der Waals surface area contributed by atoms with Crippen LogP contribution in [0.15, 0.2) is 38.8 Å². The first-order chi connectivity index (χ1) is 13.2. The van der Waals surface area contributed by atoms with Crippen molar-refractivity contribution in [2.75, 3.05) is 30.7 Å². The molecule has 1 aliphatic rings. The molecule has 0 amide bonds. The second-order valence-corrected chi connectivity index (χ2v) is 6.95. The average Bonchev–Trinajstić information content (AvgIpc) is 2.84. The largest absolute Gasteiger partial charge is 0.494 e. The van der Waals surface area contributed by atoms with Crippen LogP contribution in [0.3, 0.4) is 0 Å². The van der Waals surface area contributed by atoms with Gasteiger partial charge in [-0.3, -0.25) is 14.6 Å². The van der Waals surface area contributed by atoms with Crippen molar-refractivity contribution in [2.24, 2.45) is 4.99 Å². The number of nitrogens with two attached hydrogens (primary N) is 1. The zero-order valence-electron chi connectivity index (χ0n) is 15.6. The Bertz CT molecular complexity index is 866. The first-order valence-electron chi connectivity index (χ1n) is 9.76. The standard InChI is InChI=1S/C21H27N3O3/c22-18-19(21(26)20(18)25)24-12-7-13-27-16-9-6-8-15(14-16)17-10-4-2-1-3-5-11-23-17/h6,8-9,14,24H,1-5,7,10-13,22H2. The van der Waals surface area contributed by atoms with Gasteiger partial charge in [0, 0.05) is 18.8 Å². The summed E-state index contributed by atoms with van der Waals surface area (Å²) in [6.45, 7) is 1.95. The fourth-order valence-electron chi connectivity index (χ4n) is 3.29. The number of nitrogen functional groups attached to an aromatic ring is 1. The minimum absolute atomic E-state index is 0.0318. The Morgan fingerprint density at radius 1 is 1.07 bits per heavy atom. The van der Waals surface area contributed by atoms with Crippen molar-refractivity contribution >= 4 is 17.1 Å². The molecule has 6 nitrogen and oxygen atoms in total. The Hall–Kier alpha value is -2.63. The SMILES string of the molecule is Nc1c(NCCCOc2cccc(C3=NCCCCCCC3)c2)c(=O)c1=O. The molecular weight excluding hydrogens is 342 g/mol. The van der Waals surface area contributed by atoms with Gasteiger partial charge in [-0.2, -0.15) is 0 Å². The number of aliphatic imine (C=N–C) groups is 1. The summed E-state index contributed by atoms with van der Waals surface area (Å²) in [4.78, 5) is 27.2. The van der Waals surface area contributed by atoms with Crippen LogP contribution in [0.2, 0.25) is 0 Å². The van der Waals surface area contributed by atoms with E-state index in [0.717, 1.165) is 24.3 Å². The third-order valence-electron chi connectivity index (χ3n) is 4.88. The van der Waals surface area contributed by atoms with E-state index in [4.69, 9.17) is 15.5 Å². The predicted molar refractivity (Wildman–Crippen MR) is 110 cm³/mol. The summed E-state index contributed by atoms with van der Waals surface area (Å²) in [6.07, 6.45) is 7.94. The smallest absolute Gasteiger partial charge is 0.253 e. The third kappa shape index (κ3) is 4.96. The van der Waals surface area contributed by atoms with Crippen LogP contribution in [0, 0.1) is 0 Å². The van der Waals surface area contributed by atoms with Gasteiger partial charge in [0.1, 0.15) is 17.1 Å². The minimum atomic E-state index is -0.599. The van der Waals surface area contributed by atoms with Crippen molar-refractivity contribution in [3.8, 4) is 5.75 Å². The number of rotatable bonds is 7. The van der Waals surface area contributed by atoms with Crippen molar-refractivity contribution in [2.45, 2.75) is 44.9 Å². The number of ether oxygens (including phenoxy) is 1. The lowest BCUT2D eigenvalue weighted by Crippen LogP contribution is -2.37. The molecule has 2 aromatic carbocycles. The van der Waals surface area contributed by atoms with E-state index in [2.05, 4.69) is 17.4 Å². The summed E-state index contributed by atoms with van der Waals surface area (Å²) in [7, 11) is 0. The average molecular weight is 369 g/mol. The molecule has 0 atom stereocenters. The van der Waals surface area contributed by atoms with Gasteiger partial charge in [-0.1, -0.05) is 31.4 Å². The maximum atomic E-state index is 11.3. The molecule has 0 radical (unpaired) electrons. The minimum Gasteiger partial charge on any atom is -0.494 e. The number of hydrogen-bond acceptors (Lipinski definition) is 6. The molecule has 0 fully saturated rings. The molecule has 0 aliphatic carbocycles. The number of nitrogens with zero attached hydrogens (tertiary/aromatic N) is 1. The zero-order chi connectivity index (χ0) is 19.1. The maximum Gasteiger partial charge on any atom is 0.253 e. The highest BCUT2D eigenvalue weighted by Gasteiger charge is 2.16. The quantitative estimate of drug-likeness (QED) is 0.578. The van der Waals surface area contributed by atoms with Crippen LogP contribution in [0.4, 0.5) is 11.4 Å². The molecule has 27 heavy (non-hydrogen) atoms. The summed E-state index contributed by atoms with van der Waals surface area (Å²) in [6, 6.07) is 8.10. The van der Waals surface area contributed by atoms with Crippen molar-refractivity contribution in [3.63, 3.8) is 0 Å². The van der Waals surface area contributed by atoms with Gasteiger partial charge in [-0.05, 0) is 43.4 Å². The highest BCUT2D eigenvalue weighted by atomic mass is 16.5. The number of anilines is 2. The van der Waals surface area contributed by atoms with Gasteiger partial charge in [0.2, 0.25) is 0 Å². The van der Waals surface area contributed by atoms with Gasteiger partial charge in [0.05, 0.1) is 6.61 Å². The fraction of sp³-hybridized carbons (Fsp3) is 0.476. The summed E-state index contributed by atoms with van der Waals surface area (Å²) < 4.78 is 5.83. The lowest BCUT2D eigenvalue weighted by atomic mass is 10.0. The van der Waals surface area contributed by atoms with Crippen molar-refractivity contribution in [3.05, 3.63) is 50.3 Å². The third-order valence-corrected chi connectivity index (χ3v) is 4.88. The van der Waals surface area contributed by atoms with Crippen LogP contribution in [0.25, 0.3) is 0 Å². The molecule has 3 N–H and O–H groups in total. The monoisotopic (exact) mass is 369 g/mol. The highest BCUT2D eigenvalue weighted by Crippen LogP contribution is 2.19. The molecule has 0 bridgehead atoms. The van der Waals surface area contributed by atoms with Crippen molar-refractivity contribution in [1.82, 2.24) is 0 Å². The van der Waals surface area contributed by atoms with Crippen molar-refractivity contribution in [1.29, 1.82) is 0 Å². The second-order valence-electron chi connectivity index (χ2n) is 6.95. The molecule has 0 aromatic heterocycles. The Morgan fingerprint density at radius 2 is 1.89 bits per heavy atom. The van der Waals surface area contributed by atoms with E-state index in [0.29, 0.717) is 19.6 Å². The summed E-state index contributed by atoms with van der Waals surface area (Å²) in [5, 5.41) is 2.90. The summed E-state index contributed by atoms with van der Waals surface area (Å²) in [5.74, 6) is 0.823. The van der Waals surface area contributed by atoms with Gasteiger partial charge in [0.25, 0.3) is 10.9 Å². The van der Waals surface area contributed by atoms with Crippen LogP contribution in [0.1, 0.15) is 50.5 Å². The Labute approximate surface area is 159 Å². The fourth-order valence-corrected chi connectivity index (χ4v) is 3.29. The van der Waals surface area contributed by atoms with Gasteiger partial charge >= 0.3 is 0 Å². The van der Waals surface area contributed by atoms with E-state index in [1.54, 1.807) is 0 Å². The maximum absolute atomic E-state index is 11.3. The Kier molecular flexibility index (Phi) is 6.63. The molecule has 144 valence electrons. The number of benzene rings is 1. The first-order valence-corrected chi connectivity index (χ1v) is 9.76. The zero-order valence-corrected chi connectivity index (χ0v) is 15.6. The molecule has 3 rings (SSSR count). The van der Waals surface area contributed by atoms with Gasteiger partial charge in [0.15, 0.2) is 0 Å². The van der Waals surface area contributed by atoms with Gasteiger partial charge < -0.3 is 15.8 Å². The molecule has 1 aliphatic heterocycles. The molecule has 0 saturated heterocycles. The number of nitrogens with one attached hydrogen (secondary N) is 1. The molecule has 0 unspecified atom stereocenters. The predicted octanol–water partition coefficient (Wildman–Crippen LogP) is 2.89. The van der Waals surface area contributed by atoms with Crippen LogP contribution >= 0.6 is 0 Å². The first kappa shape index (κ1) is 19.1. The van der Waals surface area contributed by atoms with Crippen LogP contribution in [-0.2, 0) is 0 Å². The second kappa shape index (κ2) is 9.35. The summed E-state index contributed by atoms with van der Waals surface area (Å²) in [5.41, 5.74) is 6.95. The molecule has 0 saturated carbocycles. The van der Waals surface area contributed by atoms with Gasteiger partial charge in [-0.25, -0.2) is 0 Å². The van der Waals surface area contributed by atoms with Crippen LogP contribution in [-0.4, -0.2) is 25.4 Å². The van der Waals surface area contributed by atoms with Gasteiger partial charge in [-0.15, -0.1) is 0 Å². The molecule has 0 spiro atoms. The number of hydrogen-bond donors (Lipinski definition) is 2. The lowest BCUT2D eigenvalue weighted by molar-refractivity contribution is 0.315. The van der Waals surface area contributed by atoms with E-state index in [-0.39, 0.29) is 11.4 Å². The normalized spacial score (nSPS) is 15.5. The van der Waals surface area contributed by atoms with E-state index >= 15 is 0 Å². The summed E-state index contributed by atoms with van der Waals surface area (Å²) >= 11 is 0. The van der Waals surface area contributed by atoms with Crippen molar-refractivity contribution < 1.29 is 4.74 Å². The Balaban J connectivity index is 1.48. The highest BCUT2D eigenvalue weighted by molar-refractivity contribution is 6.00. The van der Waals surface area contributed by atoms with E-state index in [1.165, 1.54) is 37.8 Å². The van der Waals surface area contributed by atoms with E-state index in [1.807, 2.05) is 12.1 Å². The topological polar surface area (TPSA) is 93.8 Å². The molecule has 1 heterocycles. The Morgan fingerprint density at radius 3 is 2.74 bits per heavy atom. The molecule has 2 aromatic rings. The van der Waals surface area contributed by atoms with Crippen LogP contribution in [0.5, 0.6) is 5.75 Å². The van der Waals surface area contributed by atoms with E-state index < -0.39 is 10.9 Å².